The molecule has 0 spiro atoms. The quantitative estimate of drug-likeness (QED) is 0.570. The smallest absolute Gasteiger partial charge is 0.258 e. The second kappa shape index (κ2) is 4.78. The lowest BCUT2D eigenvalue weighted by Crippen LogP contribution is -2.07. The number of aromatic nitrogens is 4. The second-order valence-electron chi connectivity index (χ2n) is 5.07. The van der Waals surface area contributed by atoms with Crippen LogP contribution in [-0.2, 0) is 0 Å². The predicted octanol–water partition coefficient (Wildman–Crippen LogP) is 3.31. The molecule has 5 nitrogen and oxygen atoms in total. The second-order valence-corrected chi connectivity index (χ2v) is 5.98. The van der Waals surface area contributed by atoms with Crippen LogP contribution in [0.4, 0.5) is 0 Å². The maximum Gasteiger partial charge on any atom is 0.258 e. The average Bonchev–Trinajstić information content (AvgIpc) is 2.85. The third kappa shape index (κ3) is 1.88. The molecule has 108 valence electrons. The van der Waals surface area contributed by atoms with Crippen molar-refractivity contribution in [2.45, 2.75) is 6.92 Å². The van der Waals surface area contributed by atoms with Gasteiger partial charge in [-0.15, -0.1) is 0 Å². The van der Waals surface area contributed by atoms with Crippen molar-refractivity contribution in [1.29, 1.82) is 0 Å². The Morgan fingerprint density at radius 2 is 1.95 bits per heavy atom. The molecule has 0 bridgehead atoms. The number of aryl methyl sites for hydroxylation is 1. The predicted molar refractivity (Wildman–Crippen MR) is 89.0 cm³/mol. The lowest BCUT2D eigenvalue weighted by atomic mass is 10.1. The van der Waals surface area contributed by atoms with Gasteiger partial charge in [0.15, 0.2) is 5.65 Å². The first-order valence-corrected chi connectivity index (χ1v) is 7.56. The first kappa shape index (κ1) is 13.2. The van der Waals surface area contributed by atoms with E-state index >= 15 is 0 Å². The van der Waals surface area contributed by atoms with E-state index in [1.165, 1.54) is 0 Å². The first-order valence-electron chi connectivity index (χ1n) is 6.77. The van der Waals surface area contributed by atoms with E-state index in [9.17, 15) is 4.79 Å². The standard InChI is InChI=1S/C16H11BrN4O/c1-9-14(10-2-4-11(17)5-3-10)15-19-8-12-13(21(15)20-9)6-7-18-16(12)22/h2-8H,1H3,(H,18,22). The summed E-state index contributed by atoms with van der Waals surface area (Å²) >= 11 is 3.44. The minimum absolute atomic E-state index is 0.162. The van der Waals surface area contributed by atoms with Crippen molar-refractivity contribution in [2.75, 3.05) is 0 Å². The van der Waals surface area contributed by atoms with E-state index in [2.05, 4.69) is 31.0 Å². The van der Waals surface area contributed by atoms with Gasteiger partial charge in [-0.1, -0.05) is 28.1 Å². The van der Waals surface area contributed by atoms with Crippen molar-refractivity contribution in [2.24, 2.45) is 0 Å². The number of aromatic amines is 1. The maximum atomic E-state index is 11.9. The number of fused-ring (bicyclic) bond motifs is 3. The first-order chi connectivity index (χ1) is 10.6. The molecule has 1 aromatic carbocycles. The summed E-state index contributed by atoms with van der Waals surface area (Å²) < 4.78 is 2.76. The molecule has 0 amide bonds. The molecule has 3 aromatic heterocycles. The van der Waals surface area contributed by atoms with Crippen LogP contribution >= 0.6 is 15.9 Å². The lowest BCUT2D eigenvalue weighted by molar-refractivity contribution is 0.953. The van der Waals surface area contributed by atoms with Gasteiger partial charge in [-0.05, 0) is 30.7 Å². The van der Waals surface area contributed by atoms with Crippen molar-refractivity contribution in [3.05, 3.63) is 63.2 Å². The van der Waals surface area contributed by atoms with Crippen LogP contribution in [0.3, 0.4) is 0 Å². The molecule has 0 fully saturated rings. The largest absolute Gasteiger partial charge is 0.328 e. The molecular formula is C16H11BrN4O. The van der Waals surface area contributed by atoms with Crippen LogP contribution < -0.4 is 5.56 Å². The normalized spacial score (nSPS) is 11.4. The van der Waals surface area contributed by atoms with Gasteiger partial charge in [-0.2, -0.15) is 5.10 Å². The Morgan fingerprint density at radius 3 is 2.73 bits per heavy atom. The molecule has 22 heavy (non-hydrogen) atoms. The highest BCUT2D eigenvalue weighted by Crippen LogP contribution is 2.29. The average molecular weight is 355 g/mol. The molecule has 0 radical (unpaired) electrons. The number of benzene rings is 1. The Balaban J connectivity index is 2.11. The molecule has 0 aliphatic rings. The molecule has 0 aliphatic heterocycles. The Hall–Kier alpha value is -2.47. The molecular weight excluding hydrogens is 344 g/mol. The highest BCUT2D eigenvalue weighted by molar-refractivity contribution is 9.10. The molecule has 0 atom stereocenters. The summed E-state index contributed by atoms with van der Waals surface area (Å²) in [6.07, 6.45) is 3.23. The summed E-state index contributed by atoms with van der Waals surface area (Å²) in [5.41, 5.74) is 4.24. The molecule has 0 saturated carbocycles. The monoisotopic (exact) mass is 354 g/mol. The summed E-state index contributed by atoms with van der Waals surface area (Å²) in [6.45, 7) is 1.95. The zero-order chi connectivity index (χ0) is 15.3. The van der Waals surface area contributed by atoms with Crippen LogP contribution in [-0.4, -0.2) is 19.6 Å². The highest BCUT2D eigenvalue weighted by Gasteiger charge is 2.15. The topological polar surface area (TPSA) is 63.1 Å². The number of pyridine rings is 1. The number of halogens is 1. The van der Waals surface area contributed by atoms with Gasteiger partial charge in [-0.3, -0.25) is 4.79 Å². The van der Waals surface area contributed by atoms with Crippen molar-refractivity contribution < 1.29 is 0 Å². The Kier molecular flexibility index (Phi) is 2.87. The van der Waals surface area contributed by atoms with Crippen LogP contribution in [0.5, 0.6) is 0 Å². The summed E-state index contributed by atoms with van der Waals surface area (Å²) in [6, 6.07) is 9.87. The van der Waals surface area contributed by atoms with Gasteiger partial charge in [0.1, 0.15) is 0 Å². The van der Waals surface area contributed by atoms with E-state index < -0.39 is 0 Å². The van der Waals surface area contributed by atoms with E-state index in [1.54, 1.807) is 16.9 Å². The molecule has 0 unspecified atom stereocenters. The Bertz CT molecular complexity index is 1060. The molecule has 1 N–H and O–H groups in total. The number of nitrogens with one attached hydrogen (secondary N) is 1. The van der Waals surface area contributed by atoms with E-state index in [4.69, 9.17) is 0 Å². The fourth-order valence-electron chi connectivity index (χ4n) is 2.67. The maximum absolute atomic E-state index is 11.9. The van der Waals surface area contributed by atoms with Gasteiger partial charge in [0.2, 0.25) is 0 Å². The van der Waals surface area contributed by atoms with Crippen LogP contribution in [0.25, 0.3) is 27.7 Å². The zero-order valence-corrected chi connectivity index (χ0v) is 13.3. The van der Waals surface area contributed by atoms with Crippen LogP contribution in [0.2, 0.25) is 0 Å². The number of hydrogen-bond donors (Lipinski definition) is 1. The van der Waals surface area contributed by atoms with E-state index in [-0.39, 0.29) is 5.56 Å². The van der Waals surface area contributed by atoms with E-state index in [0.29, 0.717) is 5.39 Å². The van der Waals surface area contributed by atoms with Gasteiger partial charge in [-0.25, -0.2) is 9.50 Å². The van der Waals surface area contributed by atoms with Gasteiger partial charge in [0.05, 0.1) is 16.6 Å². The minimum Gasteiger partial charge on any atom is -0.328 e. The molecule has 0 saturated heterocycles. The van der Waals surface area contributed by atoms with Gasteiger partial charge >= 0.3 is 0 Å². The van der Waals surface area contributed by atoms with Crippen LogP contribution in [0, 0.1) is 6.92 Å². The summed E-state index contributed by atoms with van der Waals surface area (Å²) in [5, 5.41) is 5.10. The van der Waals surface area contributed by atoms with Crippen LogP contribution in [0.1, 0.15) is 5.69 Å². The molecule has 6 heteroatoms. The number of rotatable bonds is 1. The number of nitrogens with zero attached hydrogens (tertiary/aromatic N) is 3. The minimum atomic E-state index is -0.162. The Labute approximate surface area is 133 Å². The Morgan fingerprint density at radius 1 is 1.18 bits per heavy atom. The van der Waals surface area contributed by atoms with Crippen molar-refractivity contribution >= 4 is 32.5 Å². The fraction of sp³-hybridized carbons (Fsp3) is 0.0625. The molecule has 0 aliphatic carbocycles. The summed E-state index contributed by atoms with van der Waals surface area (Å²) in [5.74, 6) is 0. The van der Waals surface area contributed by atoms with E-state index in [0.717, 1.165) is 32.5 Å². The zero-order valence-electron chi connectivity index (χ0n) is 11.7. The number of H-pyrrole nitrogens is 1. The molecule has 4 rings (SSSR count). The third-order valence-corrected chi connectivity index (χ3v) is 4.22. The SMILES string of the molecule is Cc1nn2c(ncc3c(=O)[nH]ccc32)c1-c1ccc(Br)cc1. The lowest BCUT2D eigenvalue weighted by Gasteiger charge is -2.02. The molecule has 4 aromatic rings. The molecule has 3 heterocycles. The van der Waals surface area contributed by atoms with Crippen molar-refractivity contribution in [1.82, 2.24) is 19.6 Å². The number of hydrogen-bond acceptors (Lipinski definition) is 3. The summed E-state index contributed by atoms with van der Waals surface area (Å²) in [7, 11) is 0. The third-order valence-electron chi connectivity index (χ3n) is 3.69. The van der Waals surface area contributed by atoms with Gasteiger partial charge < -0.3 is 4.98 Å². The van der Waals surface area contributed by atoms with Crippen molar-refractivity contribution in [3.8, 4) is 11.1 Å². The van der Waals surface area contributed by atoms with Gasteiger partial charge in [0.25, 0.3) is 5.56 Å². The fourth-order valence-corrected chi connectivity index (χ4v) is 2.94. The summed E-state index contributed by atoms with van der Waals surface area (Å²) in [4.78, 5) is 19.0. The van der Waals surface area contributed by atoms with Crippen molar-refractivity contribution in [3.63, 3.8) is 0 Å². The van der Waals surface area contributed by atoms with Gasteiger partial charge in [0, 0.05) is 22.4 Å². The van der Waals surface area contributed by atoms with E-state index in [1.807, 2.05) is 37.3 Å². The van der Waals surface area contributed by atoms with Crippen LogP contribution in [0.15, 0.2) is 52.0 Å². The highest BCUT2D eigenvalue weighted by atomic mass is 79.9.